The summed E-state index contributed by atoms with van der Waals surface area (Å²) in [6.45, 7) is 0.446. The molecule has 2 aromatic heterocycles. The van der Waals surface area contributed by atoms with Crippen molar-refractivity contribution in [3.05, 3.63) is 82.7 Å². The summed E-state index contributed by atoms with van der Waals surface area (Å²) < 4.78 is 0.882. The Bertz CT molecular complexity index is 821. The number of aromatic nitrogens is 2. The van der Waals surface area contributed by atoms with E-state index in [2.05, 4.69) is 31.2 Å². The van der Waals surface area contributed by atoms with Crippen molar-refractivity contribution in [2.24, 2.45) is 0 Å². The molecule has 0 saturated heterocycles. The predicted molar refractivity (Wildman–Crippen MR) is 92.8 cm³/mol. The third kappa shape index (κ3) is 4.02. The summed E-state index contributed by atoms with van der Waals surface area (Å²) in [5, 5.41) is 2.92. The lowest BCUT2D eigenvalue weighted by Gasteiger charge is -2.07. The Balaban J connectivity index is 1.70. The summed E-state index contributed by atoms with van der Waals surface area (Å²) in [7, 11) is 0. The second kappa shape index (κ2) is 7.15. The van der Waals surface area contributed by atoms with E-state index in [1.165, 1.54) is 0 Å². The van der Waals surface area contributed by atoms with Crippen LogP contribution >= 0.6 is 15.9 Å². The molecule has 1 N–H and O–H groups in total. The van der Waals surface area contributed by atoms with E-state index in [4.69, 9.17) is 0 Å². The van der Waals surface area contributed by atoms with Crippen LogP contribution in [0.2, 0.25) is 0 Å². The minimum absolute atomic E-state index is 0.106. The van der Waals surface area contributed by atoms with Gasteiger partial charge in [0, 0.05) is 40.7 Å². The van der Waals surface area contributed by atoms with E-state index in [0.717, 1.165) is 21.3 Å². The maximum absolute atomic E-state index is 12.2. The molecule has 3 aromatic rings. The lowest BCUT2D eigenvalue weighted by atomic mass is 10.1. The van der Waals surface area contributed by atoms with Crippen LogP contribution in [0.4, 0.5) is 0 Å². The van der Waals surface area contributed by atoms with Crippen molar-refractivity contribution >= 4 is 21.8 Å². The second-order valence-corrected chi connectivity index (χ2v) is 5.90. The first-order chi connectivity index (χ1) is 11.2. The van der Waals surface area contributed by atoms with Crippen LogP contribution in [0.3, 0.4) is 0 Å². The topological polar surface area (TPSA) is 54.9 Å². The van der Waals surface area contributed by atoms with E-state index in [0.29, 0.717) is 12.1 Å². The van der Waals surface area contributed by atoms with E-state index in [1.54, 1.807) is 30.7 Å². The molecule has 23 heavy (non-hydrogen) atoms. The number of benzene rings is 1. The molecule has 1 aromatic carbocycles. The van der Waals surface area contributed by atoms with Gasteiger partial charge in [0.1, 0.15) is 0 Å². The second-order valence-electron chi connectivity index (χ2n) is 4.98. The first kappa shape index (κ1) is 15.4. The van der Waals surface area contributed by atoms with E-state index in [-0.39, 0.29) is 5.91 Å². The quantitative estimate of drug-likeness (QED) is 0.762. The monoisotopic (exact) mass is 367 g/mol. The Labute approximate surface area is 142 Å². The van der Waals surface area contributed by atoms with Crippen LogP contribution in [0.5, 0.6) is 0 Å². The Kier molecular flexibility index (Phi) is 4.78. The first-order valence-electron chi connectivity index (χ1n) is 7.11. The summed E-state index contributed by atoms with van der Waals surface area (Å²) >= 11 is 3.37. The molecule has 0 bridgehead atoms. The van der Waals surface area contributed by atoms with Crippen molar-refractivity contribution in [3.63, 3.8) is 0 Å². The fraction of sp³-hybridized carbons (Fsp3) is 0.0556. The van der Waals surface area contributed by atoms with Crippen molar-refractivity contribution in [2.45, 2.75) is 6.54 Å². The SMILES string of the molecule is O=C(NCc1ccnc(-c2cccnc2)c1)c1cccc(Br)c1. The molecular formula is C18H14BrN3O. The van der Waals surface area contributed by atoms with Crippen molar-refractivity contribution in [3.8, 4) is 11.3 Å². The minimum atomic E-state index is -0.106. The number of hydrogen-bond acceptors (Lipinski definition) is 3. The molecule has 0 aliphatic rings. The first-order valence-corrected chi connectivity index (χ1v) is 7.91. The highest BCUT2D eigenvalue weighted by Crippen LogP contribution is 2.16. The van der Waals surface area contributed by atoms with Crippen molar-refractivity contribution in [2.75, 3.05) is 0 Å². The van der Waals surface area contributed by atoms with Gasteiger partial charge < -0.3 is 5.32 Å². The van der Waals surface area contributed by atoms with Gasteiger partial charge in [-0.2, -0.15) is 0 Å². The number of pyridine rings is 2. The molecule has 0 atom stereocenters. The lowest BCUT2D eigenvalue weighted by Crippen LogP contribution is -2.22. The van der Waals surface area contributed by atoms with E-state index < -0.39 is 0 Å². The summed E-state index contributed by atoms with van der Waals surface area (Å²) in [4.78, 5) is 20.6. The molecule has 0 aliphatic carbocycles. The van der Waals surface area contributed by atoms with Gasteiger partial charge in [-0.25, -0.2) is 0 Å². The Morgan fingerprint density at radius 1 is 1.09 bits per heavy atom. The molecule has 5 heteroatoms. The number of hydrogen-bond donors (Lipinski definition) is 1. The molecule has 0 saturated carbocycles. The zero-order valence-corrected chi connectivity index (χ0v) is 13.8. The Morgan fingerprint density at radius 3 is 2.78 bits per heavy atom. The third-order valence-corrected chi connectivity index (χ3v) is 3.81. The smallest absolute Gasteiger partial charge is 0.251 e. The highest BCUT2D eigenvalue weighted by Gasteiger charge is 2.06. The maximum atomic E-state index is 12.2. The van der Waals surface area contributed by atoms with Gasteiger partial charge in [-0.1, -0.05) is 22.0 Å². The molecule has 0 unspecified atom stereocenters. The van der Waals surface area contributed by atoms with Crippen molar-refractivity contribution in [1.82, 2.24) is 15.3 Å². The zero-order valence-electron chi connectivity index (χ0n) is 12.2. The molecule has 0 fully saturated rings. The average molecular weight is 368 g/mol. The number of halogens is 1. The number of carbonyl (C=O) groups is 1. The predicted octanol–water partition coefficient (Wildman–Crippen LogP) is 3.84. The van der Waals surface area contributed by atoms with Gasteiger partial charge in [0.05, 0.1) is 5.69 Å². The highest BCUT2D eigenvalue weighted by atomic mass is 79.9. The number of carbonyl (C=O) groups excluding carboxylic acids is 1. The normalized spacial score (nSPS) is 10.3. The molecule has 3 rings (SSSR count). The maximum Gasteiger partial charge on any atom is 0.251 e. The average Bonchev–Trinajstić information content (AvgIpc) is 2.61. The Morgan fingerprint density at radius 2 is 2.00 bits per heavy atom. The fourth-order valence-corrected chi connectivity index (χ4v) is 2.57. The molecule has 4 nitrogen and oxygen atoms in total. The molecule has 0 spiro atoms. The number of nitrogens with one attached hydrogen (secondary N) is 1. The van der Waals surface area contributed by atoms with E-state index in [1.807, 2.05) is 36.4 Å². The highest BCUT2D eigenvalue weighted by molar-refractivity contribution is 9.10. The van der Waals surface area contributed by atoms with Gasteiger partial charge in [-0.15, -0.1) is 0 Å². The summed E-state index contributed by atoms with van der Waals surface area (Å²) in [6.07, 6.45) is 5.24. The van der Waals surface area contributed by atoms with Crippen LogP contribution in [-0.4, -0.2) is 15.9 Å². The van der Waals surface area contributed by atoms with Crippen molar-refractivity contribution < 1.29 is 4.79 Å². The van der Waals surface area contributed by atoms with Gasteiger partial charge in [0.15, 0.2) is 0 Å². The van der Waals surface area contributed by atoms with Gasteiger partial charge in [-0.3, -0.25) is 14.8 Å². The molecule has 0 radical (unpaired) electrons. The molecule has 2 heterocycles. The summed E-state index contributed by atoms with van der Waals surface area (Å²) in [6, 6.07) is 15.0. The molecular weight excluding hydrogens is 354 g/mol. The van der Waals surface area contributed by atoms with Gasteiger partial charge in [0.25, 0.3) is 5.91 Å². The third-order valence-electron chi connectivity index (χ3n) is 3.32. The largest absolute Gasteiger partial charge is 0.348 e. The van der Waals surface area contributed by atoms with Crippen LogP contribution in [0.25, 0.3) is 11.3 Å². The fourth-order valence-electron chi connectivity index (χ4n) is 2.17. The van der Waals surface area contributed by atoms with E-state index in [9.17, 15) is 4.79 Å². The molecule has 0 aliphatic heterocycles. The van der Waals surface area contributed by atoms with Gasteiger partial charge in [-0.05, 0) is 48.0 Å². The summed E-state index contributed by atoms with van der Waals surface area (Å²) in [5.41, 5.74) is 3.41. The van der Waals surface area contributed by atoms with Crippen LogP contribution in [0.1, 0.15) is 15.9 Å². The van der Waals surface area contributed by atoms with Crippen LogP contribution in [0.15, 0.2) is 71.6 Å². The molecule has 1 amide bonds. The van der Waals surface area contributed by atoms with Gasteiger partial charge >= 0.3 is 0 Å². The standard InChI is InChI=1S/C18H14BrN3O/c19-16-5-1-3-14(10-16)18(23)22-11-13-6-8-21-17(9-13)15-4-2-7-20-12-15/h1-10,12H,11H2,(H,22,23). The number of nitrogens with zero attached hydrogens (tertiary/aromatic N) is 2. The van der Waals surface area contributed by atoms with Crippen LogP contribution in [0, 0.1) is 0 Å². The number of rotatable bonds is 4. The number of amides is 1. The summed E-state index contributed by atoms with van der Waals surface area (Å²) in [5.74, 6) is -0.106. The van der Waals surface area contributed by atoms with Crippen LogP contribution in [-0.2, 0) is 6.54 Å². The molecule has 114 valence electrons. The Hall–Kier alpha value is -2.53. The zero-order chi connectivity index (χ0) is 16.1. The van der Waals surface area contributed by atoms with Crippen LogP contribution < -0.4 is 5.32 Å². The van der Waals surface area contributed by atoms with E-state index >= 15 is 0 Å². The lowest BCUT2D eigenvalue weighted by molar-refractivity contribution is 0.0951. The minimum Gasteiger partial charge on any atom is -0.348 e. The van der Waals surface area contributed by atoms with Crippen molar-refractivity contribution in [1.29, 1.82) is 0 Å². The van der Waals surface area contributed by atoms with Gasteiger partial charge in [0.2, 0.25) is 0 Å².